The molecule has 4 aliphatic rings. The summed E-state index contributed by atoms with van der Waals surface area (Å²) in [4.78, 5) is 11.9. The lowest BCUT2D eigenvalue weighted by molar-refractivity contribution is -0.194. The van der Waals surface area contributed by atoms with Crippen molar-refractivity contribution >= 4 is 5.78 Å². The Morgan fingerprint density at radius 1 is 1.12 bits per heavy atom. The maximum Gasteiger partial charge on any atom is 0.155 e. The van der Waals surface area contributed by atoms with Crippen molar-refractivity contribution in [1.29, 1.82) is 0 Å². The van der Waals surface area contributed by atoms with E-state index in [0.717, 1.165) is 32.1 Å². The van der Waals surface area contributed by atoms with Gasteiger partial charge in [0.05, 0.1) is 5.60 Å². The van der Waals surface area contributed by atoms with Gasteiger partial charge in [0.2, 0.25) is 0 Å². The smallest absolute Gasteiger partial charge is 0.155 e. The van der Waals surface area contributed by atoms with Crippen LogP contribution in [0.3, 0.4) is 0 Å². The largest absolute Gasteiger partial charge is 0.396 e. The second-order valence-electron chi connectivity index (χ2n) is 9.99. The van der Waals surface area contributed by atoms with E-state index in [-0.39, 0.29) is 23.2 Å². The highest BCUT2D eigenvalue weighted by atomic mass is 16.3. The molecule has 0 radical (unpaired) electrons. The average molecular weight is 347 g/mol. The Balaban J connectivity index is 1.70. The maximum atomic E-state index is 12.0. The molecule has 0 bridgehead atoms. The first-order valence-corrected chi connectivity index (χ1v) is 10.3. The first-order chi connectivity index (χ1) is 11.8. The number of fused-ring (bicyclic) bond motifs is 5. The Kier molecular flexibility index (Phi) is 4.01. The Hall–Kier alpha value is -0.670. The van der Waals surface area contributed by atoms with Gasteiger partial charge < -0.3 is 10.2 Å². The topological polar surface area (TPSA) is 57.5 Å². The first kappa shape index (κ1) is 17.7. The highest BCUT2D eigenvalue weighted by molar-refractivity contribution is 5.91. The van der Waals surface area contributed by atoms with E-state index in [1.807, 2.05) is 6.08 Å². The molecule has 2 N–H and O–H groups in total. The zero-order chi connectivity index (χ0) is 18.0. The number of aliphatic hydroxyl groups is 2. The Morgan fingerprint density at radius 2 is 1.88 bits per heavy atom. The molecule has 7 atom stereocenters. The third-order valence-corrected chi connectivity index (χ3v) is 9.20. The van der Waals surface area contributed by atoms with Gasteiger partial charge in [-0.3, -0.25) is 4.79 Å². The van der Waals surface area contributed by atoms with Crippen LogP contribution in [-0.4, -0.2) is 28.2 Å². The quantitative estimate of drug-likeness (QED) is 0.798. The second-order valence-corrected chi connectivity index (χ2v) is 9.99. The van der Waals surface area contributed by atoms with E-state index >= 15 is 0 Å². The van der Waals surface area contributed by atoms with Gasteiger partial charge in [-0.1, -0.05) is 26.3 Å². The third-order valence-electron chi connectivity index (χ3n) is 9.20. The van der Waals surface area contributed by atoms with Crippen LogP contribution in [-0.2, 0) is 4.79 Å². The molecule has 3 heteroatoms. The molecule has 4 aliphatic carbocycles. The second kappa shape index (κ2) is 5.66. The molecular weight excluding hydrogens is 312 g/mol. The minimum atomic E-state index is -0.653. The summed E-state index contributed by atoms with van der Waals surface area (Å²) >= 11 is 0. The highest BCUT2D eigenvalue weighted by Crippen LogP contribution is 2.68. The molecule has 25 heavy (non-hydrogen) atoms. The number of hydrogen-bond acceptors (Lipinski definition) is 3. The van der Waals surface area contributed by atoms with E-state index in [4.69, 9.17) is 0 Å². The van der Waals surface area contributed by atoms with E-state index in [1.165, 1.54) is 18.4 Å². The van der Waals surface area contributed by atoms with Crippen LogP contribution in [0.5, 0.6) is 0 Å². The predicted molar refractivity (Wildman–Crippen MR) is 97.9 cm³/mol. The predicted octanol–water partition coefficient (Wildman–Crippen LogP) is 3.88. The fourth-order valence-corrected chi connectivity index (χ4v) is 7.60. The first-order valence-electron chi connectivity index (χ1n) is 10.3. The van der Waals surface area contributed by atoms with Crippen LogP contribution in [0.1, 0.15) is 72.1 Å². The summed E-state index contributed by atoms with van der Waals surface area (Å²) < 4.78 is 0. The van der Waals surface area contributed by atoms with Crippen LogP contribution in [0.15, 0.2) is 11.6 Å². The van der Waals surface area contributed by atoms with E-state index in [1.54, 1.807) is 0 Å². The van der Waals surface area contributed by atoms with E-state index in [2.05, 4.69) is 20.8 Å². The molecule has 0 aromatic carbocycles. The van der Waals surface area contributed by atoms with Crippen LogP contribution < -0.4 is 0 Å². The number of carbonyl (C=O) groups is 1. The maximum absolute atomic E-state index is 12.0. The summed E-state index contributed by atoms with van der Waals surface area (Å²) in [7, 11) is 0. The minimum absolute atomic E-state index is 0.216. The van der Waals surface area contributed by atoms with Crippen LogP contribution >= 0.6 is 0 Å². The molecule has 3 unspecified atom stereocenters. The lowest BCUT2D eigenvalue weighted by Gasteiger charge is -2.63. The van der Waals surface area contributed by atoms with Crippen LogP contribution in [0.2, 0.25) is 0 Å². The number of ketones is 1. The number of hydrogen-bond donors (Lipinski definition) is 2. The fraction of sp³-hybridized carbons (Fsp3) is 0.864. The molecule has 4 rings (SSSR count). The summed E-state index contributed by atoms with van der Waals surface area (Å²) in [5, 5.41) is 21.7. The number of rotatable bonds is 2. The van der Waals surface area contributed by atoms with E-state index in [9.17, 15) is 15.0 Å². The van der Waals surface area contributed by atoms with Gasteiger partial charge >= 0.3 is 0 Å². The molecule has 0 aliphatic heterocycles. The molecule has 0 saturated heterocycles. The summed E-state index contributed by atoms with van der Waals surface area (Å²) in [6, 6.07) is 0. The molecule has 0 aromatic heterocycles. The molecule has 0 aromatic rings. The van der Waals surface area contributed by atoms with Gasteiger partial charge in [-0.15, -0.1) is 0 Å². The highest BCUT2D eigenvalue weighted by Gasteiger charge is 2.65. The SMILES string of the molecule is C[C@H](CO)C1CCC2C3CCC4=CC(=O)CC[C@]4(C)[C@@]3(O)CC[C@@]21C. The monoisotopic (exact) mass is 346 g/mol. The molecule has 0 heterocycles. The standard InChI is InChI=1S/C22H34O3/c1-14(13-23)17-6-7-18-19-5-4-15-12-16(24)8-9-21(15,3)22(19,25)11-10-20(17,18)2/h12,14,17-19,23,25H,4-11,13H2,1-3H3/t14-,17?,18?,19?,20-,21+,22-/m1/s1. The summed E-state index contributed by atoms with van der Waals surface area (Å²) in [6.45, 7) is 7.12. The van der Waals surface area contributed by atoms with Gasteiger partial charge in [-0.25, -0.2) is 0 Å². The average Bonchev–Trinajstić information content (AvgIpc) is 2.93. The molecule has 3 fully saturated rings. The minimum Gasteiger partial charge on any atom is -0.396 e. The molecule has 3 saturated carbocycles. The van der Waals surface area contributed by atoms with Crippen molar-refractivity contribution in [3.8, 4) is 0 Å². The summed E-state index contributed by atoms with van der Waals surface area (Å²) in [5.74, 6) is 2.07. The molecule has 3 nitrogen and oxygen atoms in total. The zero-order valence-corrected chi connectivity index (χ0v) is 16.1. The van der Waals surface area contributed by atoms with Crippen LogP contribution in [0.25, 0.3) is 0 Å². The fourth-order valence-electron chi connectivity index (χ4n) is 7.60. The van der Waals surface area contributed by atoms with Crippen LogP contribution in [0, 0.1) is 34.5 Å². The van der Waals surface area contributed by atoms with Gasteiger partial charge in [-0.2, -0.15) is 0 Å². The van der Waals surface area contributed by atoms with Crippen molar-refractivity contribution < 1.29 is 15.0 Å². The van der Waals surface area contributed by atoms with Gasteiger partial charge in [-0.05, 0) is 80.1 Å². The summed E-state index contributed by atoms with van der Waals surface area (Å²) in [5.41, 5.74) is 0.594. The summed E-state index contributed by atoms with van der Waals surface area (Å²) in [6.07, 6.45) is 9.52. The van der Waals surface area contributed by atoms with Crippen molar-refractivity contribution in [2.75, 3.05) is 6.61 Å². The molecule has 0 spiro atoms. The lowest BCUT2D eigenvalue weighted by atomic mass is 9.44. The van der Waals surface area contributed by atoms with Crippen molar-refractivity contribution in [3.05, 3.63) is 11.6 Å². The zero-order valence-electron chi connectivity index (χ0n) is 16.1. The van der Waals surface area contributed by atoms with Gasteiger partial charge in [0.15, 0.2) is 5.78 Å². The number of aliphatic hydroxyl groups excluding tert-OH is 1. The van der Waals surface area contributed by atoms with Gasteiger partial charge in [0.25, 0.3) is 0 Å². The van der Waals surface area contributed by atoms with Gasteiger partial charge in [0.1, 0.15) is 0 Å². The molecule has 0 amide bonds. The van der Waals surface area contributed by atoms with Crippen molar-refractivity contribution in [2.24, 2.45) is 34.5 Å². The Labute approximate surface area is 151 Å². The molecular formula is C22H34O3. The van der Waals surface area contributed by atoms with Crippen molar-refractivity contribution in [3.63, 3.8) is 0 Å². The molecule has 140 valence electrons. The Bertz CT molecular complexity index is 610. The van der Waals surface area contributed by atoms with Crippen molar-refractivity contribution in [2.45, 2.75) is 77.7 Å². The third kappa shape index (κ3) is 2.21. The van der Waals surface area contributed by atoms with Crippen molar-refractivity contribution in [1.82, 2.24) is 0 Å². The normalized spacial score (nSPS) is 50.5. The lowest BCUT2D eigenvalue weighted by Crippen LogP contribution is -2.63. The van der Waals surface area contributed by atoms with Gasteiger partial charge in [0, 0.05) is 18.4 Å². The number of carbonyl (C=O) groups excluding carboxylic acids is 1. The van der Waals surface area contributed by atoms with E-state index in [0.29, 0.717) is 30.1 Å². The Morgan fingerprint density at radius 3 is 2.60 bits per heavy atom. The van der Waals surface area contributed by atoms with Crippen LogP contribution in [0.4, 0.5) is 0 Å². The van der Waals surface area contributed by atoms with E-state index < -0.39 is 5.60 Å².